The number of hydrogen-bond acceptors (Lipinski definition) is 2. The highest BCUT2D eigenvalue weighted by atomic mass is 16.5. The van der Waals surface area contributed by atoms with Crippen molar-refractivity contribution >= 4 is 0 Å². The zero-order chi connectivity index (χ0) is 8.43. The predicted molar refractivity (Wildman–Crippen MR) is 42.6 cm³/mol. The molecule has 0 aliphatic rings. The number of rotatable bonds is 2. The summed E-state index contributed by atoms with van der Waals surface area (Å²) < 4.78 is 4.95. The van der Waals surface area contributed by atoms with E-state index in [1.165, 1.54) is 6.07 Å². The second-order valence-electron chi connectivity index (χ2n) is 3.15. The van der Waals surface area contributed by atoms with Gasteiger partial charge >= 0.3 is 0 Å². The lowest BCUT2D eigenvalue weighted by atomic mass is 9.96. The largest absolute Gasteiger partial charge is 0.383 e. The van der Waals surface area contributed by atoms with E-state index in [-0.39, 0.29) is 5.56 Å². The van der Waals surface area contributed by atoms with Crippen LogP contribution in [0, 0.1) is 5.92 Å². The van der Waals surface area contributed by atoms with Crippen LogP contribution in [0.5, 0.6) is 0 Å². The third-order valence-corrected chi connectivity index (χ3v) is 1.99. The van der Waals surface area contributed by atoms with E-state index in [2.05, 4.69) is 19.0 Å². The van der Waals surface area contributed by atoms with Crippen LogP contribution >= 0.6 is 0 Å². The van der Waals surface area contributed by atoms with E-state index in [4.69, 9.17) is 4.52 Å². The lowest BCUT2D eigenvalue weighted by molar-refractivity contribution is 0.336. The minimum atomic E-state index is -0.160. The van der Waals surface area contributed by atoms with Crippen molar-refractivity contribution in [2.24, 2.45) is 5.92 Å². The van der Waals surface area contributed by atoms with Crippen LogP contribution in [-0.2, 0) is 0 Å². The summed E-state index contributed by atoms with van der Waals surface area (Å²) in [7, 11) is 0. The second kappa shape index (κ2) is 2.95. The van der Waals surface area contributed by atoms with Gasteiger partial charge in [-0.05, 0) is 5.92 Å². The zero-order valence-electron chi connectivity index (χ0n) is 7.05. The molecule has 1 N–H and O–H groups in total. The van der Waals surface area contributed by atoms with E-state index in [1.807, 2.05) is 6.92 Å². The first-order valence-electron chi connectivity index (χ1n) is 3.79. The van der Waals surface area contributed by atoms with Crippen LogP contribution in [0.3, 0.4) is 0 Å². The summed E-state index contributed by atoms with van der Waals surface area (Å²) >= 11 is 0. The smallest absolute Gasteiger partial charge is 0.280 e. The van der Waals surface area contributed by atoms with Gasteiger partial charge in [0.15, 0.2) is 0 Å². The Morgan fingerprint density at radius 2 is 2.09 bits per heavy atom. The van der Waals surface area contributed by atoms with Gasteiger partial charge in [-0.2, -0.15) is 5.16 Å². The maximum absolute atomic E-state index is 10.7. The summed E-state index contributed by atoms with van der Waals surface area (Å²) in [6.07, 6.45) is 0. The minimum Gasteiger partial charge on any atom is -0.383 e. The molecule has 0 saturated heterocycles. The van der Waals surface area contributed by atoms with Gasteiger partial charge in [-0.15, -0.1) is 0 Å². The Kier molecular flexibility index (Phi) is 2.17. The van der Waals surface area contributed by atoms with Gasteiger partial charge in [0.05, 0.1) is 0 Å². The Bertz CT molecular complexity index is 272. The fourth-order valence-electron chi connectivity index (χ4n) is 0.850. The van der Waals surface area contributed by atoms with E-state index < -0.39 is 0 Å². The van der Waals surface area contributed by atoms with Crippen LogP contribution in [0.25, 0.3) is 0 Å². The number of H-pyrrole nitrogens is 1. The maximum atomic E-state index is 10.7. The molecule has 1 heterocycles. The molecular formula is C8H13NO2. The van der Waals surface area contributed by atoms with E-state index in [0.717, 1.165) is 5.76 Å². The van der Waals surface area contributed by atoms with Crippen molar-refractivity contribution in [1.82, 2.24) is 5.16 Å². The van der Waals surface area contributed by atoms with Gasteiger partial charge in [-0.25, -0.2) is 0 Å². The SMILES string of the molecule is CC(C)C(C)c1cc(=O)[nH]o1. The number of hydrogen-bond donors (Lipinski definition) is 1. The summed E-state index contributed by atoms with van der Waals surface area (Å²) in [5.74, 6) is 1.54. The molecule has 0 fully saturated rings. The van der Waals surface area contributed by atoms with Gasteiger partial charge in [-0.1, -0.05) is 20.8 Å². The molecule has 3 heteroatoms. The zero-order valence-corrected chi connectivity index (χ0v) is 7.05. The standard InChI is InChI=1S/C8H13NO2/c1-5(2)6(3)7-4-8(10)9-11-7/h4-6H,1-3H3,(H,9,10). The van der Waals surface area contributed by atoms with Crippen LogP contribution < -0.4 is 5.56 Å². The lowest BCUT2D eigenvalue weighted by Crippen LogP contribution is -2.01. The topological polar surface area (TPSA) is 46.0 Å². The fourth-order valence-corrected chi connectivity index (χ4v) is 0.850. The molecular weight excluding hydrogens is 142 g/mol. The molecule has 0 saturated carbocycles. The minimum absolute atomic E-state index is 0.160. The van der Waals surface area contributed by atoms with E-state index in [9.17, 15) is 4.79 Å². The van der Waals surface area contributed by atoms with Crippen molar-refractivity contribution in [3.05, 3.63) is 22.2 Å². The molecule has 0 aliphatic heterocycles. The fraction of sp³-hybridized carbons (Fsp3) is 0.625. The van der Waals surface area contributed by atoms with E-state index in [1.54, 1.807) is 0 Å². The molecule has 0 bridgehead atoms. The number of aromatic amines is 1. The molecule has 0 aromatic carbocycles. The van der Waals surface area contributed by atoms with Crippen molar-refractivity contribution in [2.45, 2.75) is 26.7 Å². The molecule has 0 aliphatic carbocycles. The molecule has 0 spiro atoms. The second-order valence-corrected chi connectivity index (χ2v) is 3.15. The van der Waals surface area contributed by atoms with Crippen LogP contribution in [0.15, 0.2) is 15.4 Å². The molecule has 1 rings (SSSR count). The van der Waals surface area contributed by atoms with E-state index >= 15 is 0 Å². The summed E-state index contributed by atoms with van der Waals surface area (Å²) in [6, 6.07) is 1.50. The molecule has 1 unspecified atom stereocenters. The first kappa shape index (κ1) is 8.11. The van der Waals surface area contributed by atoms with Crippen molar-refractivity contribution in [2.75, 3.05) is 0 Å². The van der Waals surface area contributed by atoms with Gasteiger partial charge in [-0.3, -0.25) is 4.79 Å². The number of aromatic nitrogens is 1. The highest BCUT2D eigenvalue weighted by molar-refractivity contribution is 5.01. The van der Waals surface area contributed by atoms with Crippen LogP contribution in [-0.4, -0.2) is 5.16 Å². The van der Waals surface area contributed by atoms with Crippen molar-refractivity contribution in [1.29, 1.82) is 0 Å². The van der Waals surface area contributed by atoms with E-state index in [0.29, 0.717) is 11.8 Å². The van der Waals surface area contributed by atoms with Gasteiger partial charge in [0.25, 0.3) is 5.56 Å². The molecule has 3 nitrogen and oxygen atoms in total. The molecule has 1 atom stereocenters. The summed E-state index contributed by atoms with van der Waals surface area (Å²) in [5, 5.41) is 2.27. The Morgan fingerprint density at radius 3 is 2.45 bits per heavy atom. The highest BCUT2D eigenvalue weighted by Gasteiger charge is 2.13. The first-order valence-corrected chi connectivity index (χ1v) is 3.79. The number of nitrogens with one attached hydrogen (secondary N) is 1. The van der Waals surface area contributed by atoms with Crippen molar-refractivity contribution in [3.8, 4) is 0 Å². The molecule has 0 radical (unpaired) electrons. The first-order chi connectivity index (χ1) is 5.11. The van der Waals surface area contributed by atoms with Gasteiger partial charge in [0, 0.05) is 12.0 Å². The van der Waals surface area contributed by atoms with Crippen LogP contribution in [0.1, 0.15) is 32.4 Å². The monoisotopic (exact) mass is 155 g/mol. The molecule has 1 aromatic rings. The average Bonchev–Trinajstić information content (AvgIpc) is 2.34. The normalized spacial score (nSPS) is 13.8. The van der Waals surface area contributed by atoms with Crippen LogP contribution in [0.4, 0.5) is 0 Å². The van der Waals surface area contributed by atoms with Crippen molar-refractivity contribution < 1.29 is 4.52 Å². The van der Waals surface area contributed by atoms with Gasteiger partial charge in [0.1, 0.15) is 5.76 Å². The summed E-state index contributed by atoms with van der Waals surface area (Å²) in [6.45, 7) is 6.23. The van der Waals surface area contributed by atoms with Gasteiger partial charge in [0.2, 0.25) is 0 Å². The molecule has 1 aromatic heterocycles. The maximum Gasteiger partial charge on any atom is 0.280 e. The molecule has 11 heavy (non-hydrogen) atoms. The third-order valence-electron chi connectivity index (χ3n) is 1.99. The van der Waals surface area contributed by atoms with Crippen molar-refractivity contribution in [3.63, 3.8) is 0 Å². The quantitative estimate of drug-likeness (QED) is 0.706. The third kappa shape index (κ3) is 1.73. The van der Waals surface area contributed by atoms with Crippen LogP contribution in [0.2, 0.25) is 0 Å². The van der Waals surface area contributed by atoms with Gasteiger partial charge < -0.3 is 4.52 Å². The lowest BCUT2D eigenvalue weighted by Gasteiger charge is -2.10. The molecule has 0 amide bonds. The summed E-state index contributed by atoms with van der Waals surface area (Å²) in [4.78, 5) is 10.7. The molecule has 62 valence electrons. The Hall–Kier alpha value is -0.990. The predicted octanol–water partition coefficient (Wildman–Crippen LogP) is 1.73. The average molecular weight is 155 g/mol. The Balaban J connectivity index is 2.84. The Morgan fingerprint density at radius 1 is 1.45 bits per heavy atom. The Labute approximate surface area is 65.4 Å². The highest BCUT2D eigenvalue weighted by Crippen LogP contribution is 2.21. The summed E-state index contributed by atoms with van der Waals surface area (Å²) in [5.41, 5.74) is -0.160.